The Labute approximate surface area is 101 Å². The lowest BCUT2D eigenvalue weighted by Gasteiger charge is -2.09. The molecule has 96 valence electrons. The Bertz CT molecular complexity index is 560. The summed E-state index contributed by atoms with van der Waals surface area (Å²) in [6.45, 7) is -0.385. The molecule has 2 aromatic rings. The van der Waals surface area contributed by atoms with Gasteiger partial charge in [0.25, 0.3) is 0 Å². The second-order valence-corrected chi connectivity index (χ2v) is 3.74. The van der Waals surface area contributed by atoms with E-state index in [9.17, 15) is 18.0 Å². The lowest BCUT2D eigenvalue weighted by Crippen LogP contribution is -2.17. The Morgan fingerprint density at radius 3 is 2.72 bits per heavy atom. The van der Waals surface area contributed by atoms with Crippen LogP contribution in [0.15, 0.2) is 30.5 Å². The van der Waals surface area contributed by atoms with Gasteiger partial charge in [-0.3, -0.25) is 9.53 Å². The molecule has 0 aliphatic heterocycles. The highest BCUT2D eigenvalue weighted by Gasteiger charge is 2.28. The molecule has 0 aliphatic rings. The third kappa shape index (κ3) is 2.89. The number of rotatable bonds is 4. The minimum Gasteiger partial charge on any atom is -0.345 e. The van der Waals surface area contributed by atoms with Gasteiger partial charge in [-0.05, 0) is 17.5 Å². The van der Waals surface area contributed by atoms with Gasteiger partial charge in [0, 0.05) is 23.8 Å². The summed E-state index contributed by atoms with van der Waals surface area (Å²) >= 11 is 0. The fraction of sp³-hybridized carbons (Fsp3) is 0.250. The van der Waals surface area contributed by atoms with E-state index in [4.69, 9.17) is 0 Å². The molecule has 0 aliphatic carbocycles. The summed E-state index contributed by atoms with van der Waals surface area (Å²) in [5.74, 6) is 0. The van der Waals surface area contributed by atoms with E-state index in [0.717, 1.165) is 5.39 Å². The first kappa shape index (κ1) is 12.6. The minimum atomic E-state index is -4.61. The highest BCUT2D eigenvalue weighted by atomic mass is 19.4. The zero-order valence-electron chi connectivity index (χ0n) is 9.28. The number of carbonyl (C=O) groups excluding carboxylic acids is 1. The van der Waals surface area contributed by atoms with Gasteiger partial charge in [-0.1, -0.05) is 12.1 Å². The molecule has 0 fully saturated rings. The molecule has 0 atom stereocenters. The lowest BCUT2D eigenvalue weighted by molar-refractivity contribution is -0.325. The van der Waals surface area contributed by atoms with Crippen LogP contribution < -0.4 is 0 Å². The van der Waals surface area contributed by atoms with E-state index < -0.39 is 13.0 Å². The summed E-state index contributed by atoms with van der Waals surface area (Å²) in [5.41, 5.74) is 1.20. The highest BCUT2D eigenvalue weighted by molar-refractivity contribution is 5.87. The zero-order valence-corrected chi connectivity index (χ0v) is 9.28. The van der Waals surface area contributed by atoms with E-state index in [1.807, 2.05) is 0 Å². The molecule has 0 saturated heterocycles. The van der Waals surface area contributed by atoms with Crippen LogP contribution in [0.25, 0.3) is 10.9 Å². The van der Waals surface area contributed by atoms with Gasteiger partial charge < -0.3 is 4.57 Å². The number of halogens is 3. The third-order valence-electron chi connectivity index (χ3n) is 2.53. The van der Waals surface area contributed by atoms with E-state index in [-0.39, 0.29) is 6.54 Å². The fourth-order valence-corrected chi connectivity index (χ4v) is 1.73. The van der Waals surface area contributed by atoms with E-state index >= 15 is 0 Å². The van der Waals surface area contributed by atoms with E-state index in [2.05, 4.69) is 4.74 Å². The van der Waals surface area contributed by atoms with Crippen molar-refractivity contribution < 1.29 is 22.7 Å². The molecule has 1 aromatic carbocycles. The Morgan fingerprint density at radius 2 is 2.06 bits per heavy atom. The van der Waals surface area contributed by atoms with Gasteiger partial charge >= 0.3 is 6.36 Å². The first-order valence-electron chi connectivity index (χ1n) is 5.24. The van der Waals surface area contributed by atoms with Gasteiger partial charge in [-0.25, -0.2) is 0 Å². The molecule has 18 heavy (non-hydrogen) atoms. The predicted molar refractivity (Wildman–Crippen MR) is 59.3 cm³/mol. The average Bonchev–Trinajstić information content (AvgIpc) is 2.70. The molecule has 0 N–H and O–H groups in total. The summed E-state index contributed by atoms with van der Waals surface area (Å²) in [5, 5.41) is 0.868. The Hall–Kier alpha value is -1.82. The molecule has 2 rings (SSSR count). The SMILES string of the molecule is O=Cc1ccc2ccn(CCOC(F)(F)F)c2c1. The minimum absolute atomic E-state index is 0.0747. The summed E-state index contributed by atoms with van der Waals surface area (Å²) in [6, 6.07) is 6.82. The number of hydrogen-bond acceptors (Lipinski definition) is 2. The van der Waals surface area contributed by atoms with Crippen molar-refractivity contribution in [1.29, 1.82) is 0 Å². The smallest absolute Gasteiger partial charge is 0.345 e. The first-order valence-corrected chi connectivity index (χ1v) is 5.24. The molecule has 0 bridgehead atoms. The Morgan fingerprint density at radius 1 is 1.28 bits per heavy atom. The molecule has 1 heterocycles. The number of aromatic nitrogens is 1. The Balaban J connectivity index is 2.15. The summed E-state index contributed by atoms with van der Waals surface area (Å²) in [7, 11) is 0. The van der Waals surface area contributed by atoms with Crippen LogP contribution in [0.4, 0.5) is 13.2 Å². The van der Waals surface area contributed by atoms with Crippen LogP contribution >= 0.6 is 0 Å². The van der Waals surface area contributed by atoms with Crippen LogP contribution in [0.2, 0.25) is 0 Å². The van der Waals surface area contributed by atoms with Crippen LogP contribution in [0, 0.1) is 0 Å². The van der Waals surface area contributed by atoms with Crippen molar-refractivity contribution in [2.75, 3.05) is 6.61 Å². The number of fused-ring (bicyclic) bond motifs is 1. The summed E-state index contributed by atoms with van der Waals surface area (Å²) in [4.78, 5) is 10.6. The average molecular weight is 257 g/mol. The van der Waals surface area contributed by atoms with Gasteiger partial charge in [0.1, 0.15) is 6.29 Å². The number of alkyl halides is 3. The molecule has 0 amide bonds. The maximum absolute atomic E-state index is 11.8. The van der Waals surface area contributed by atoms with Crippen molar-refractivity contribution in [3.8, 4) is 0 Å². The molecule has 3 nitrogen and oxygen atoms in total. The van der Waals surface area contributed by atoms with Crippen molar-refractivity contribution in [3.05, 3.63) is 36.0 Å². The van der Waals surface area contributed by atoms with Gasteiger partial charge in [-0.2, -0.15) is 0 Å². The van der Waals surface area contributed by atoms with Crippen molar-refractivity contribution >= 4 is 17.2 Å². The normalized spacial score (nSPS) is 11.9. The molecule has 0 spiro atoms. The van der Waals surface area contributed by atoms with Crippen LogP contribution in [-0.2, 0) is 11.3 Å². The van der Waals surface area contributed by atoms with E-state index in [1.54, 1.807) is 35.0 Å². The second kappa shape index (κ2) is 4.81. The number of nitrogens with zero attached hydrogens (tertiary/aromatic N) is 1. The summed E-state index contributed by atoms with van der Waals surface area (Å²) in [6.07, 6.45) is -2.25. The van der Waals surface area contributed by atoms with Gasteiger partial charge in [0.05, 0.1) is 6.61 Å². The second-order valence-electron chi connectivity index (χ2n) is 3.74. The quantitative estimate of drug-likeness (QED) is 0.788. The van der Waals surface area contributed by atoms with Gasteiger partial charge in [-0.15, -0.1) is 13.2 Å². The molecular formula is C12H10F3NO2. The standard InChI is InChI=1S/C12H10F3NO2/c13-12(14,15)18-6-5-16-4-3-10-2-1-9(8-17)7-11(10)16/h1-4,7-8H,5-6H2. The predicted octanol–water partition coefficient (Wildman–Crippen LogP) is 2.99. The van der Waals surface area contributed by atoms with Crippen molar-refractivity contribution in [2.24, 2.45) is 0 Å². The number of carbonyl (C=O) groups is 1. The summed E-state index contributed by atoms with van der Waals surface area (Å²) < 4.78 is 40.9. The van der Waals surface area contributed by atoms with Crippen molar-refractivity contribution in [1.82, 2.24) is 4.57 Å². The monoisotopic (exact) mass is 257 g/mol. The maximum atomic E-state index is 11.8. The fourth-order valence-electron chi connectivity index (χ4n) is 1.73. The van der Waals surface area contributed by atoms with Gasteiger partial charge in [0.15, 0.2) is 0 Å². The molecular weight excluding hydrogens is 247 g/mol. The number of benzene rings is 1. The topological polar surface area (TPSA) is 31.2 Å². The first-order chi connectivity index (χ1) is 8.49. The lowest BCUT2D eigenvalue weighted by atomic mass is 10.2. The third-order valence-corrected chi connectivity index (χ3v) is 2.53. The van der Waals surface area contributed by atoms with Crippen molar-refractivity contribution in [2.45, 2.75) is 12.9 Å². The van der Waals surface area contributed by atoms with Crippen LogP contribution in [0.5, 0.6) is 0 Å². The van der Waals surface area contributed by atoms with Crippen molar-refractivity contribution in [3.63, 3.8) is 0 Å². The zero-order chi connectivity index (χ0) is 13.2. The number of ether oxygens (including phenoxy) is 1. The largest absolute Gasteiger partial charge is 0.522 e. The number of aldehydes is 1. The molecule has 6 heteroatoms. The van der Waals surface area contributed by atoms with E-state index in [0.29, 0.717) is 17.4 Å². The van der Waals surface area contributed by atoms with Crippen LogP contribution in [0.1, 0.15) is 10.4 Å². The van der Waals surface area contributed by atoms with Crippen LogP contribution in [0.3, 0.4) is 0 Å². The Kier molecular flexibility index (Phi) is 3.38. The van der Waals surface area contributed by atoms with Crippen LogP contribution in [-0.4, -0.2) is 23.8 Å². The van der Waals surface area contributed by atoms with Gasteiger partial charge in [0.2, 0.25) is 0 Å². The molecule has 0 saturated carbocycles. The molecule has 1 aromatic heterocycles. The maximum Gasteiger partial charge on any atom is 0.522 e. The van der Waals surface area contributed by atoms with E-state index in [1.165, 1.54) is 0 Å². The molecule has 0 radical (unpaired) electrons. The highest BCUT2D eigenvalue weighted by Crippen LogP contribution is 2.19. The molecule has 0 unspecified atom stereocenters. The number of hydrogen-bond donors (Lipinski definition) is 0.